The molecule has 0 aromatic heterocycles. The van der Waals surface area contributed by atoms with Gasteiger partial charge in [-0.2, -0.15) is 0 Å². The molecule has 3 heteroatoms. The van der Waals surface area contributed by atoms with Crippen molar-refractivity contribution >= 4 is 0 Å². The van der Waals surface area contributed by atoms with Crippen LogP contribution >= 0.6 is 0 Å². The Hall–Kier alpha value is -0.900. The summed E-state index contributed by atoms with van der Waals surface area (Å²) in [5.74, 6) is 0. The normalized spacial score (nSPS) is 16.7. The number of benzene rings is 1. The van der Waals surface area contributed by atoms with Gasteiger partial charge in [-0.3, -0.25) is 0 Å². The molecule has 0 radical (unpaired) electrons. The molecule has 2 rings (SSSR count). The zero-order valence-electron chi connectivity index (χ0n) is 11.2. The summed E-state index contributed by atoms with van der Waals surface area (Å²) in [5, 5.41) is 21.9. The van der Waals surface area contributed by atoms with Gasteiger partial charge in [0.1, 0.15) is 0 Å². The minimum atomic E-state index is -0.627. The Morgan fingerprint density at radius 3 is 2.56 bits per heavy atom. The van der Waals surface area contributed by atoms with E-state index in [2.05, 4.69) is 30.4 Å². The average molecular weight is 249 g/mol. The summed E-state index contributed by atoms with van der Waals surface area (Å²) in [4.78, 5) is 0. The van der Waals surface area contributed by atoms with Gasteiger partial charge in [0.15, 0.2) is 0 Å². The van der Waals surface area contributed by atoms with Gasteiger partial charge in [-0.1, -0.05) is 18.2 Å². The van der Waals surface area contributed by atoms with E-state index in [9.17, 15) is 10.2 Å². The highest BCUT2D eigenvalue weighted by Crippen LogP contribution is 2.26. The fourth-order valence-corrected chi connectivity index (χ4v) is 2.61. The summed E-state index contributed by atoms with van der Waals surface area (Å²) < 4.78 is 0. The highest BCUT2D eigenvalue weighted by molar-refractivity contribution is 5.36. The molecule has 1 aliphatic rings. The van der Waals surface area contributed by atoms with E-state index in [1.54, 1.807) is 0 Å². The van der Waals surface area contributed by atoms with Crippen molar-refractivity contribution in [2.45, 2.75) is 44.7 Å². The van der Waals surface area contributed by atoms with Crippen LogP contribution in [0.1, 0.15) is 43.0 Å². The van der Waals surface area contributed by atoms with E-state index >= 15 is 0 Å². The summed E-state index contributed by atoms with van der Waals surface area (Å²) in [6, 6.07) is 6.75. The lowest BCUT2D eigenvalue weighted by Crippen LogP contribution is -2.49. The van der Waals surface area contributed by atoms with Crippen molar-refractivity contribution in [2.24, 2.45) is 0 Å². The number of hydrogen-bond donors (Lipinski definition) is 3. The van der Waals surface area contributed by atoms with Crippen LogP contribution < -0.4 is 5.32 Å². The first-order valence-electron chi connectivity index (χ1n) is 6.69. The second kappa shape index (κ2) is 5.39. The summed E-state index contributed by atoms with van der Waals surface area (Å²) in [6.07, 6.45) is 3.63. The van der Waals surface area contributed by atoms with Gasteiger partial charge < -0.3 is 15.5 Å². The Bertz CT molecular complexity index is 413. The van der Waals surface area contributed by atoms with Crippen LogP contribution in [0.4, 0.5) is 0 Å². The third-order valence-corrected chi connectivity index (χ3v) is 3.89. The van der Waals surface area contributed by atoms with Gasteiger partial charge in [0.05, 0.1) is 18.8 Å². The van der Waals surface area contributed by atoms with Crippen LogP contribution in [0.5, 0.6) is 0 Å². The van der Waals surface area contributed by atoms with Gasteiger partial charge in [-0.05, 0) is 49.8 Å². The van der Waals surface area contributed by atoms with Gasteiger partial charge in [0, 0.05) is 6.04 Å². The minimum absolute atomic E-state index is 0.0707. The van der Waals surface area contributed by atoms with E-state index < -0.39 is 5.54 Å². The number of aliphatic hydroxyl groups excluding tert-OH is 2. The number of nitrogens with one attached hydrogen (secondary N) is 1. The van der Waals surface area contributed by atoms with Gasteiger partial charge in [0.2, 0.25) is 0 Å². The molecule has 1 unspecified atom stereocenters. The van der Waals surface area contributed by atoms with Crippen molar-refractivity contribution in [3.8, 4) is 0 Å². The van der Waals surface area contributed by atoms with E-state index in [1.165, 1.54) is 36.0 Å². The molecule has 1 aliphatic carbocycles. The third-order valence-electron chi connectivity index (χ3n) is 3.89. The number of hydrogen-bond acceptors (Lipinski definition) is 3. The van der Waals surface area contributed by atoms with Crippen LogP contribution in [0, 0.1) is 0 Å². The Labute approximate surface area is 109 Å². The first-order chi connectivity index (χ1) is 8.58. The lowest BCUT2D eigenvalue weighted by molar-refractivity contribution is 0.0957. The number of rotatable bonds is 5. The summed E-state index contributed by atoms with van der Waals surface area (Å²) in [7, 11) is 0. The molecule has 0 saturated heterocycles. The number of fused-ring (bicyclic) bond motifs is 1. The Morgan fingerprint density at radius 2 is 1.89 bits per heavy atom. The molecule has 0 saturated carbocycles. The fourth-order valence-electron chi connectivity index (χ4n) is 2.61. The minimum Gasteiger partial charge on any atom is -0.394 e. The molecule has 0 bridgehead atoms. The topological polar surface area (TPSA) is 52.5 Å². The molecule has 1 atom stereocenters. The zero-order chi connectivity index (χ0) is 13.2. The predicted molar refractivity (Wildman–Crippen MR) is 72.6 cm³/mol. The highest BCUT2D eigenvalue weighted by atomic mass is 16.3. The van der Waals surface area contributed by atoms with Crippen molar-refractivity contribution in [1.82, 2.24) is 5.32 Å². The van der Waals surface area contributed by atoms with Gasteiger partial charge >= 0.3 is 0 Å². The summed E-state index contributed by atoms with van der Waals surface area (Å²) >= 11 is 0. The quantitative estimate of drug-likeness (QED) is 0.742. The maximum Gasteiger partial charge on any atom is 0.0633 e. The van der Waals surface area contributed by atoms with Gasteiger partial charge in [0.25, 0.3) is 0 Å². The van der Waals surface area contributed by atoms with E-state index in [-0.39, 0.29) is 19.3 Å². The first kappa shape index (κ1) is 13.5. The monoisotopic (exact) mass is 249 g/mol. The lowest BCUT2D eigenvalue weighted by atomic mass is 9.98. The van der Waals surface area contributed by atoms with Crippen molar-refractivity contribution in [3.05, 3.63) is 34.9 Å². The maximum absolute atomic E-state index is 9.31. The molecule has 0 heterocycles. The number of aryl methyl sites for hydroxylation is 2. The van der Waals surface area contributed by atoms with Gasteiger partial charge in [-0.25, -0.2) is 0 Å². The standard InChI is InChI=1S/C15H23NO2/c1-11(16-15(2,9-17)10-18)13-7-6-12-4-3-5-14(12)8-13/h6-8,11,16-18H,3-5,9-10H2,1-2H3. The highest BCUT2D eigenvalue weighted by Gasteiger charge is 2.25. The molecule has 0 amide bonds. The largest absolute Gasteiger partial charge is 0.394 e. The van der Waals surface area contributed by atoms with Crippen molar-refractivity contribution < 1.29 is 10.2 Å². The van der Waals surface area contributed by atoms with Crippen molar-refractivity contribution in [1.29, 1.82) is 0 Å². The molecule has 0 spiro atoms. The van der Waals surface area contributed by atoms with Crippen LogP contribution in [-0.2, 0) is 12.8 Å². The molecule has 0 aliphatic heterocycles. The molecular weight excluding hydrogens is 226 g/mol. The van der Waals surface area contributed by atoms with E-state index in [1.807, 2.05) is 6.92 Å². The Kier molecular flexibility index (Phi) is 4.05. The Morgan fingerprint density at radius 1 is 1.22 bits per heavy atom. The third kappa shape index (κ3) is 2.74. The van der Waals surface area contributed by atoms with E-state index in [4.69, 9.17) is 0 Å². The number of aliphatic hydroxyl groups is 2. The van der Waals surface area contributed by atoms with Gasteiger partial charge in [-0.15, -0.1) is 0 Å². The molecule has 18 heavy (non-hydrogen) atoms. The van der Waals surface area contributed by atoms with E-state index in [0.29, 0.717) is 0 Å². The van der Waals surface area contributed by atoms with Crippen molar-refractivity contribution in [3.63, 3.8) is 0 Å². The predicted octanol–water partition coefficient (Wildman–Crippen LogP) is 1.57. The molecule has 1 aromatic carbocycles. The fraction of sp³-hybridized carbons (Fsp3) is 0.600. The lowest BCUT2D eigenvalue weighted by Gasteiger charge is -2.30. The second-order valence-electron chi connectivity index (χ2n) is 5.62. The Balaban J connectivity index is 2.11. The summed E-state index contributed by atoms with van der Waals surface area (Å²) in [6.45, 7) is 3.76. The smallest absolute Gasteiger partial charge is 0.0633 e. The molecular formula is C15H23NO2. The van der Waals surface area contributed by atoms with E-state index in [0.717, 1.165) is 0 Å². The molecule has 3 N–H and O–H groups in total. The molecule has 3 nitrogen and oxygen atoms in total. The summed E-state index contributed by atoms with van der Waals surface area (Å²) in [5.41, 5.74) is 3.52. The molecule has 100 valence electrons. The second-order valence-corrected chi connectivity index (χ2v) is 5.62. The average Bonchev–Trinajstić information content (AvgIpc) is 2.85. The molecule has 0 fully saturated rings. The SMILES string of the molecule is CC(NC(C)(CO)CO)c1ccc2c(c1)CCC2. The van der Waals surface area contributed by atoms with Crippen LogP contribution in [0.15, 0.2) is 18.2 Å². The molecule has 1 aromatic rings. The first-order valence-corrected chi connectivity index (χ1v) is 6.69. The zero-order valence-corrected chi connectivity index (χ0v) is 11.2. The van der Waals surface area contributed by atoms with Crippen LogP contribution in [0.3, 0.4) is 0 Å². The van der Waals surface area contributed by atoms with Crippen LogP contribution in [-0.4, -0.2) is 29.0 Å². The van der Waals surface area contributed by atoms with Crippen LogP contribution in [0.25, 0.3) is 0 Å². The van der Waals surface area contributed by atoms with Crippen LogP contribution in [0.2, 0.25) is 0 Å². The maximum atomic E-state index is 9.31. The van der Waals surface area contributed by atoms with Crippen molar-refractivity contribution in [2.75, 3.05) is 13.2 Å².